The van der Waals surface area contributed by atoms with Gasteiger partial charge in [-0.1, -0.05) is 32.9 Å². The molecule has 5 nitrogen and oxygen atoms in total. The third-order valence-corrected chi connectivity index (χ3v) is 4.99. The van der Waals surface area contributed by atoms with E-state index in [1.165, 1.54) is 0 Å². The Bertz CT molecular complexity index is 619. The number of carboxylic acid groups (broad SMARTS) is 1. The Balaban J connectivity index is 3.16. The largest absolute Gasteiger partial charge is 0.481 e. The molecule has 0 aliphatic rings. The van der Waals surface area contributed by atoms with Gasteiger partial charge in [0.1, 0.15) is 0 Å². The first-order valence-corrected chi connectivity index (χ1v) is 8.26. The van der Waals surface area contributed by atoms with Crippen molar-refractivity contribution in [3.63, 3.8) is 0 Å². The molecule has 0 aliphatic carbocycles. The van der Waals surface area contributed by atoms with Crippen LogP contribution >= 0.6 is 0 Å². The molecule has 118 valence electrons. The van der Waals surface area contributed by atoms with Gasteiger partial charge in [-0.3, -0.25) is 4.79 Å². The lowest BCUT2D eigenvalue weighted by molar-refractivity contribution is -0.136. The molecule has 0 saturated heterocycles. The standard InChI is InChI=1S/C15H23NO4S/c1-10-8-12(15(3,4)5)9-11(2)14(10)21(19,20)16-7-6-13(17)18/h8-9,16H,6-7H2,1-5H3,(H,17,18). The molecule has 1 rings (SSSR count). The first-order valence-electron chi connectivity index (χ1n) is 6.78. The highest BCUT2D eigenvalue weighted by atomic mass is 32.2. The smallest absolute Gasteiger partial charge is 0.304 e. The van der Waals surface area contributed by atoms with Crippen LogP contribution in [0.2, 0.25) is 0 Å². The number of carboxylic acids is 1. The number of rotatable bonds is 5. The van der Waals surface area contributed by atoms with Gasteiger partial charge in [0.15, 0.2) is 0 Å². The van der Waals surface area contributed by atoms with E-state index in [1.54, 1.807) is 13.8 Å². The minimum Gasteiger partial charge on any atom is -0.481 e. The van der Waals surface area contributed by atoms with E-state index in [1.807, 2.05) is 12.1 Å². The highest BCUT2D eigenvalue weighted by Crippen LogP contribution is 2.28. The Morgan fingerprint density at radius 1 is 1.19 bits per heavy atom. The predicted molar refractivity (Wildman–Crippen MR) is 82.1 cm³/mol. The van der Waals surface area contributed by atoms with E-state index in [-0.39, 0.29) is 23.3 Å². The number of aryl methyl sites for hydroxylation is 2. The summed E-state index contributed by atoms with van der Waals surface area (Å²) < 4.78 is 27.0. The van der Waals surface area contributed by atoms with E-state index in [9.17, 15) is 13.2 Å². The summed E-state index contributed by atoms with van der Waals surface area (Å²) in [6.07, 6.45) is -0.239. The highest BCUT2D eigenvalue weighted by Gasteiger charge is 2.23. The maximum Gasteiger partial charge on any atom is 0.304 e. The van der Waals surface area contributed by atoms with Crippen molar-refractivity contribution in [2.75, 3.05) is 6.54 Å². The molecule has 0 spiro atoms. The number of hydrogen-bond acceptors (Lipinski definition) is 3. The number of aliphatic carboxylic acids is 1. The Morgan fingerprint density at radius 3 is 2.05 bits per heavy atom. The van der Waals surface area contributed by atoms with E-state index in [2.05, 4.69) is 25.5 Å². The molecule has 6 heteroatoms. The van der Waals surface area contributed by atoms with Gasteiger partial charge in [-0.2, -0.15) is 0 Å². The van der Waals surface area contributed by atoms with Gasteiger partial charge in [0.2, 0.25) is 10.0 Å². The molecule has 0 aromatic heterocycles. The normalized spacial score (nSPS) is 12.4. The van der Waals surface area contributed by atoms with Crippen LogP contribution < -0.4 is 4.72 Å². The zero-order valence-corrected chi connectivity index (χ0v) is 14.0. The maximum atomic E-state index is 12.3. The fourth-order valence-electron chi connectivity index (χ4n) is 2.17. The topological polar surface area (TPSA) is 83.5 Å². The maximum absolute atomic E-state index is 12.3. The highest BCUT2D eigenvalue weighted by molar-refractivity contribution is 7.89. The SMILES string of the molecule is Cc1cc(C(C)(C)C)cc(C)c1S(=O)(=O)NCCC(=O)O. The Kier molecular flexibility index (Phi) is 5.17. The molecule has 0 fully saturated rings. The molecule has 0 heterocycles. The lowest BCUT2D eigenvalue weighted by Crippen LogP contribution is -2.28. The molecule has 0 amide bonds. The third-order valence-electron chi connectivity index (χ3n) is 3.23. The molecule has 0 radical (unpaired) electrons. The van der Waals surface area contributed by atoms with Crippen LogP contribution in [0, 0.1) is 13.8 Å². The van der Waals surface area contributed by atoms with Crippen LogP contribution in [0.1, 0.15) is 43.9 Å². The number of nitrogens with one attached hydrogen (secondary N) is 1. The molecule has 0 aliphatic heterocycles. The lowest BCUT2D eigenvalue weighted by Gasteiger charge is -2.22. The molecular formula is C15H23NO4S. The quantitative estimate of drug-likeness (QED) is 0.874. The van der Waals surface area contributed by atoms with Gasteiger partial charge in [0.05, 0.1) is 11.3 Å². The summed E-state index contributed by atoms with van der Waals surface area (Å²) in [7, 11) is -3.69. The molecule has 1 aromatic rings. The number of hydrogen-bond donors (Lipinski definition) is 2. The van der Waals surface area contributed by atoms with Gasteiger partial charge >= 0.3 is 5.97 Å². The van der Waals surface area contributed by atoms with Crippen molar-refractivity contribution in [3.8, 4) is 0 Å². The lowest BCUT2D eigenvalue weighted by atomic mass is 9.85. The summed E-state index contributed by atoms with van der Waals surface area (Å²) >= 11 is 0. The van der Waals surface area contributed by atoms with Crippen LogP contribution in [-0.2, 0) is 20.2 Å². The van der Waals surface area contributed by atoms with Crippen LogP contribution in [0.4, 0.5) is 0 Å². The van der Waals surface area contributed by atoms with Crippen LogP contribution in [-0.4, -0.2) is 26.0 Å². The molecule has 21 heavy (non-hydrogen) atoms. The molecule has 0 saturated carbocycles. The van der Waals surface area contributed by atoms with Crippen molar-refractivity contribution in [1.29, 1.82) is 0 Å². The van der Waals surface area contributed by atoms with Crippen molar-refractivity contribution in [1.82, 2.24) is 4.72 Å². The Labute approximate surface area is 126 Å². The Hall–Kier alpha value is -1.40. The average molecular weight is 313 g/mol. The van der Waals surface area contributed by atoms with Crippen LogP contribution in [0.3, 0.4) is 0 Å². The molecule has 0 bridgehead atoms. The van der Waals surface area contributed by atoms with Gasteiger partial charge in [0, 0.05) is 6.54 Å². The van der Waals surface area contributed by atoms with Gasteiger partial charge in [-0.05, 0) is 36.0 Å². The summed E-state index contributed by atoms with van der Waals surface area (Å²) in [5.74, 6) is -1.03. The summed E-state index contributed by atoms with van der Waals surface area (Å²) in [5.41, 5.74) is 2.35. The van der Waals surface area contributed by atoms with Crippen LogP contribution in [0.5, 0.6) is 0 Å². The second-order valence-electron chi connectivity index (χ2n) is 6.23. The van der Waals surface area contributed by atoms with Crippen molar-refractivity contribution in [3.05, 3.63) is 28.8 Å². The van der Waals surface area contributed by atoms with Gasteiger partial charge in [-0.25, -0.2) is 13.1 Å². The molecule has 0 atom stereocenters. The Morgan fingerprint density at radius 2 is 1.67 bits per heavy atom. The van der Waals surface area contributed by atoms with E-state index in [0.29, 0.717) is 11.1 Å². The number of sulfonamides is 1. The zero-order chi connectivity index (χ0) is 16.4. The molecule has 0 unspecified atom stereocenters. The monoisotopic (exact) mass is 313 g/mol. The van der Waals surface area contributed by atoms with Crippen molar-refractivity contribution in [2.45, 2.75) is 51.3 Å². The van der Waals surface area contributed by atoms with Gasteiger partial charge in [-0.15, -0.1) is 0 Å². The van der Waals surface area contributed by atoms with Crippen molar-refractivity contribution >= 4 is 16.0 Å². The molecular weight excluding hydrogens is 290 g/mol. The summed E-state index contributed by atoms with van der Waals surface area (Å²) in [5, 5.41) is 8.58. The van der Waals surface area contributed by atoms with Gasteiger partial charge < -0.3 is 5.11 Å². The second-order valence-corrected chi connectivity index (χ2v) is 7.93. The minimum atomic E-state index is -3.69. The van der Waals surface area contributed by atoms with Gasteiger partial charge in [0.25, 0.3) is 0 Å². The van der Waals surface area contributed by atoms with Crippen molar-refractivity contribution in [2.24, 2.45) is 0 Å². The van der Waals surface area contributed by atoms with E-state index in [4.69, 9.17) is 5.11 Å². The first-order chi connectivity index (χ1) is 9.45. The number of carbonyl (C=O) groups is 1. The molecule has 2 N–H and O–H groups in total. The summed E-state index contributed by atoms with van der Waals surface area (Å²) in [6.45, 7) is 9.61. The van der Waals surface area contributed by atoms with E-state index < -0.39 is 16.0 Å². The second kappa shape index (κ2) is 6.15. The van der Waals surface area contributed by atoms with Crippen LogP contribution in [0.25, 0.3) is 0 Å². The predicted octanol–water partition coefficient (Wildman–Crippen LogP) is 2.35. The zero-order valence-electron chi connectivity index (χ0n) is 13.1. The molecule has 1 aromatic carbocycles. The average Bonchev–Trinajstić information content (AvgIpc) is 2.25. The third kappa shape index (κ3) is 4.54. The fourth-order valence-corrected chi connectivity index (χ4v) is 3.65. The van der Waals surface area contributed by atoms with E-state index in [0.717, 1.165) is 5.56 Å². The fraction of sp³-hybridized carbons (Fsp3) is 0.533. The first kappa shape index (κ1) is 17.7. The van der Waals surface area contributed by atoms with E-state index >= 15 is 0 Å². The minimum absolute atomic E-state index is 0.0610. The van der Waals surface area contributed by atoms with Crippen LogP contribution in [0.15, 0.2) is 17.0 Å². The summed E-state index contributed by atoms with van der Waals surface area (Å²) in [6, 6.07) is 3.75. The summed E-state index contributed by atoms with van der Waals surface area (Å²) in [4.78, 5) is 10.7. The van der Waals surface area contributed by atoms with Crippen molar-refractivity contribution < 1.29 is 18.3 Å². The number of benzene rings is 1.